The number of nitrogens with zero attached hydrogens (tertiary/aromatic N) is 3. The molecule has 0 amide bonds. The van der Waals surface area contributed by atoms with E-state index in [0.29, 0.717) is 6.54 Å². The number of nitrogens with two attached hydrogens (primary N) is 1. The highest BCUT2D eigenvalue weighted by Gasteiger charge is 2.09. The van der Waals surface area contributed by atoms with Crippen LogP contribution in [0.3, 0.4) is 0 Å². The van der Waals surface area contributed by atoms with Gasteiger partial charge >= 0.3 is 0 Å². The molecule has 86 valence electrons. The fourth-order valence-corrected chi connectivity index (χ4v) is 2.69. The number of imidazole rings is 1. The summed E-state index contributed by atoms with van der Waals surface area (Å²) in [6, 6.07) is 4.12. The van der Waals surface area contributed by atoms with Crippen molar-refractivity contribution in [2.75, 3.05) is 6.54 Å². The summed E-state index contributed by atoms with van der Waals surface area (Å²) in [5.74, 6) is 1.89. The number of fused-ring (bicyclic) bond motifs is 1. The van der Waals surface area contributed by atoms with E-state index in [-0.39, 0.29) is 0 Å². The maximum absolute atomic E-state index is 5.59. The molecule has 0 saturated carbocycles. The van der Waals surface area contributed by atoms with E-state index in [1.165, 1.54) is 4.70 Å². The van der Waals surface area contributed by atoms with Crippen molar-refractivity contribution in [2.45, 2.75) is 6.42 Å². The Morgan fingerprint density at radius 2 is 2.18 bits per heavy atom. The molecule has 0 aliphatic rings. The number of pyridine rings is 1. The normalized spacial score (nSPS) is 11.1. The molecule has 4 nitrogen and oxygen atoms in total. The molecule has 0 spiro atoms. The molecule has 2 N–H and O–H groups in total. The minimum atomic E-state index is 0.594. The molecule has 0 atom stereocenters. The first-order valence-corrected chi connectivity index (χ1v) is 6.33. The number of hydrogen-bond donors (Lipinski definition) is 1. The predicted octanol–water partition coefficient (Wildman–Crippen LogP) is 1.98. The Morgan fingerprint density at radius 3 is 3.06 bits per heavy atom. The smallest absolute Gasteiger partial charge is 0.146 e. The van der Waals surface area contributed by atoms with Gasteiger partial charge in [-0.2, -0.15) is 0 Å². The maximum Gasteiger partial charge on any atom is 0.146 e. The molecule has 0 radical (unpaired) electrons. The van der Waals surface area contributed by atoms with Gasteiger partial charge in [0.2, 0.25) is 0 Å². The van der Waals surface area contributed by atoms with Gasteiger partial charge in [0, 0.05) is 35.1 Å². The first kappa shape index (κ1) is 10.4. The lowest BCUT2D eigenvalue weighted by Gasteiger charge is -2.07. The van der Waals surface area contributed by atoms with E-state index >= 15 is 0 Å². The van der Waals surface area contributed by atoms with Crippen LogP contribution in [-0.2, 0) is 6.42 Å². The summed E-state index contributed by atoms with van der Waals surface area (Å²) >= 11 is 1.72. The average Bonchev–Trinajstić information content (AvgIpc) is 2.96. The van der Waals surface area contributed by atoms with Gasteiger partial charge in [-0.1, -0.05) is 0 Å². The van der Waals surface area contributed by atoms with Crippen LogP contribution in [-0.4, -0.2) is 21.1 Å². The Kier molecular flexibility index (Phi) is 2.62. The zero-order valence-electron chi connectivity index (χ0n) is 9.21. The van der Waals surface area contributed by atoms with Gasteiger partial charge in [-0.25, -0.2) is 9.97 Å². The molecule has 3 heterocycles. The second-order valence-electron chi connectivity index (χ2n) is 3.72. The van der Waals surface area contributed by atoms with Gasteiger partial charge in [0.15, 0.2) is 0 Å². The van der Waals surface area contributed by atoms with Crippen LogP contribution < -0.4 is 5.73 Å². The third kappa shape index (κ3) is 1.73. The Balaban J connectivity index is 2.20. The SMILES string of the molecule is NCCc1nccn1-c1nccc2sccc12. The number of aromatic nitrogens is 3. The van der Waals surface area contributed by atoms with Crippen molar-refractivity contribution in [2.24, 2.45) is 5.73 Å². The highest BCUT2D eigenvalue weighted by atomic mass is 32.1. The summed E-state index contributed by atoms with van der Waals surface area (Å²) in [4.78, 5) is 8.77. The van der Waals surface area contributed by atoms with Crippen molar-refractivity contribution in [1.29, 1.82) is 0 Å². The van der Waals surface area contributed by atoms with E-state index in [1.54, 1.807) is 17.5 Å². The van der Waals surface area contributed by atoms with E-state index in [0.717, 1.165) is 23.4 Å². The van der Waals surface area contributed by atoms with Gasteiger partial charge < -0.3 is 5.73 Å². The van der Waals surface area contributed by atoms with Crippen molar-refractivity contribution in [3.63, 3.8) is 0 Å². The molecule has 3 aromatic heterocycles. The molecule has 0 unspecified atom stereocenters. The molecular formula is C12H12N4S. The molecule has 5 heteroatoms. The van der Waals surface area contributed by atoms with Crippen molar-refractivity contribution in [1.82, 2.24) is 14.5 Å². The highest BCUT2D eigenvalue weighted by molar-refractivity contribution is 7.17. The molecule has 17 heavy (non-hydrogen) atoms. The van der Waals surface area contributed by atoms with E-state index < -0.39 is 0 Å². The summed E-state index contributed by atoms with van der Waals surface area (Å²) in [5, 5.41) is 3.24. The van der Waals surface area contributed by atoms with Gasteiger partial charge in [0.1, 0.15) is 11.6 Å². The fourth-order valence-electron chi connectivity index (χ4n) is 1.91. The van der Waals surface area contributed by atoms with Crippen LogP contribution in [0.2, 0.25) is 0 Å². The molecule has 0 aromatic carbocycles. The molecule has 0 aliphatic heterocycles. The zero-order chi connectivity index (χ0) is 11.7. The first-order chi connectivity index (χ1) is 8.40. The maximum atomic E-state index is 5.59. The zero-order valence-corrected chi connectivity index (χ0v) is 10.0. The number of thiophene rings is 1. The third-order valence-electron chi connectivity index (χ3n) is 2.67. The van der Waals surface area contributed by atoms with Crippen LogP contribution in [0, 0.1) is 0 Å². The first-order valence-electron chi connectivity index (χ1n) is 5.45. The predicted molar refractivity (Wildman–Crippen MR) is 69.5 cm³/mol. The summed E-state index contributed by atoms with van der Waals surface area (Å²) in [6.07, 6.45) is 6.32. The van der Waals surface area contributed by atoms with Crippen molar-refractivity contribution in [3.8, 4) is 5.82 Å². The molecule has 0 aliphatic carbocycles. The van der Waals surface area contributed by atoms with Crippen LogP contribution in [0.5, 0.6) is 0 Å². The molecule has 3 aromatic rings. The van der Waals surface area contributed by atoms with Crippen LogP contribution >= 0.6 is 11.3 Å². The topological polar surface area (TPSA) is 56.7 Å². The molecule has 3 rings (SSSR count). The quantitative estimate of drug-likeness (QED) is 0.766. The van der Waals surface area contributed by atoms with Crippen LogP contribution in [0.15, 0.2) is 36.1 Å². The molecule has 0 bridgehead atoms. The van der Waals surface area contributed by atoms with Crippen LogP contribution in [0.4, 0.5) is 0 Å². The Labute approximate surface area is 103 Å². The van der Waals surface area contributed by atoms with E-state index in [9.17, 15) is 0 Å². The summed E-state index contributed by atoms with van der Waals surface area (Å²) in [5.41, 5.74) is 5.59. The lowest BCUT2D eigenvalue weighted by Crippen LogP contribution is -2.09. The van der Waals surface area contributed by atoms with E-state index in [1.807, 2.05) is 23.0 Å². The van der Waals surface area contributed by atoms with Gasteiger partial charge in [0.05, 0.1) is 0 Å². The monoisotopic (exact) mass is 244 g/mol. The van der Waals surface area contributed by atoms with Crippen LogP contribution in [0.1, 0.15) is 5.82 Å². The molecular weight excluding hydrogens is 232 g/mol. The lowest BCUT2D eigenvalue weighted by atomic mass is 10.3. The van der Waals surface area contributed by atoms with Gasteiger partial charge in [-0.3, -0.25) is 4.57 Å². The fraction of sp³-hybridized carbons (Fsp3) is 0.167. The number of hydrogen-bond acceptors (Lipinski definition) is 4. The van der Waals surface area contributed by atoms with Crippen molar-refractivity contribution in [3.05, 3.63) is 41.9 Å². The summed E-state index contributed by atoms with van der Waals surface area (Å²) in [7, 11) is 0. The summed E-state index contributed by atoms with van der Waals surface area (Å²) < 4.78 is 3.25. The van der Waals surface area contributed by atoms with Gasteiger partial charge in [-0.15, -0.1) is 11.3 Å². The minimum absolute atomic E-state index is 0.594. The standard InChI is InChI=1S/C12H12N4S/c13-4-1-11-14-6-7-16(11)12-9-3-8-17-10(9)2-5-15-12/h2-3,5-8H,1,4,13H2. The second-order valence-corrected chi connectivity index (χ2v) is 4.67. The Morgan fingerprint density at radius 1 is 1.24 bits per heavy atom. The van der Waals surface area contributed by atoms with E-state index in [2.05, 4.69) is 21.4 Å². The van der Waals surface area contributed by atoms with E-state index in [4.69, 9.17) is 5.73 Å². The average molecular weight is 244 g/mol. The summed E-state index contributed by atoms with van der Waals surface area (Å²) in [6.45, 7) is 0.594. The van der Waals surface area contributed by atoms with Gasteiger partial charge in [0.25, 0.3) is 0 Å². The highest BCUT2D eigenvalue weighted by Crippen LogP contribution is 2.25. The van der Waals surface area contributed by atoms with Crippen molar-refractivity contribution >= 4 is 21.4 Å². The minimum Gasteiger partial charge on any atom is -0.330 e. The number of rotatable bonds is 3. The largest absolute Gasteiger partial charge is 0.330 e. The van der Waals surface area contributed by atoms with Crippen molar-refractivity contribution < 1.29 is 0 Å². The lowest BCUT2D eigenvalue weighted by molar-refractivity contribution is 0.827. The second kappa shape index (κ2) is 4.27. The Hall–Kier alpha value is -1.72. The Bertz CT molecular complexity index is 641. The van der Waals surface area contributed by atoms with Gasteiger partial charge in [-0.05, 0) is 24.1 Å². The molecule has 0 saturated heterocycles. The van der Waals surface area contributed by atoms with Crippen LogP contribution in [0.25, 0.3) is 15.9 Å². The third-order valence-corrected chi connectivity index (χ3v) is 3.55. The molecule has 0 fully saturated rings.